The van der Waals surface area contributed by atoms with Gasteiger partial charge in [0.2, 0.25) is 5.91 Å². The molecule has 0 bridgehead atoms. The first-order valence-electron chi connectivity index (χ1n) is 7.17. The normalized spacial score (nSPS) is 10.6. The van der Waals surface area contributed by atoms with Gasteiger partial charge in [0.05, 0.1) is 28.0 Å². The molecule has 1 N–H and O–H groups in total. The highest BCUT2D eigenvalue weighted by molar-refractivity contribution is 8.00. The largest absolute Gasteiger partial charge is 0.497 e. The van der Waals surface area contributed by atoms with Crippen molar-refractivity contribution < 1.29 is 14.5 Å². The van der Waals surface area contributed by atoms with E-state index in [0.717, 1.165) is 10.6 Å². The first-order chi connectivity index (χ1) is 12.0. The molecule has 3 rings (SSSR count). The monoisotopic (exact) mass is 375 g/mol. The summed E-state index contributed by atoms with van der Waals surface area (Å²) in [6, 6.07) is 11.9. The van der Waals surface area contributed by atoms with Gasteiger partial charge in [-0.25, -0.2) is 4.98 Å². The van der Waals surface area contributed by atoms with Gasteiger partial charge in [-0.1, -0.05) is 11.3 Å². The van der Waals surface area contributed by atoms with E-state index in [4.69, 9.17) is 4.74 Å². The van der Waals surface area contributed by atoms with E-state index in [-0.39, 0.29) is 17.3 Å². The lowest BCUT2D eigenvalue weighted by molar-refractivity contribution is -0.384. The zero-order chi connectivity index (χ0) is 17.8. The number of amides is 1. The SMILES string of the molecule is COc1ccc(SCC(=O)Nc2nc3ccc([N+](=O)[O-])cc3s2)cc1. The maximum absolute atomic E-state index is 12.1. The Balaban J connectivity index is 1.62. The van der Waals surface area contributed by atoms with Crippen LogP contribution in [0.25, 0.3) is 10.2 Å². The van der Waals surface area contributed by atoms with Gasteiger partial charge in [0.25, 0.3) is 5.69 Å². The summed E-state index contributed by atoms with van der Waals surface area (Å²) in [7, 11) is 1.60. The van der Waals surface area contributed by atoms with Gasteiger partial charge in [0.15, 0.2) is 5.13 Å². The lowest BCUT2D eigenvalue weighted by atomic mass is 10.3. The average molecular weight is 375 g/mol. The molecule has 0 radical (unpaired) electrons. The fraction of sp³-hybridized carbons (Fsp3) is 0.125. The van der Waals surface area contributed by atoms with Crippen LogP contribution in [0.4, 0.5) is 10.8 Å². The Kier molecular flexibility index (Phi) is 5.15. The molecule has 0 aliphatic carbocycles. The molecular weight excluding hydrogens is 362 g/mol. The summed E-state index contributed by atoms with van der Waals surface area (Å²) in [5, 5.41) is 14.0. The minimum atomic E-state index is -0.455. The number of nitro groups is 1. The Morgan fingerprint density at radius 3 is 2.76 bits per heavy atom. The van der Waals surface area contributed by atoms with Crippen LogP contribution in [0.1, 0.15) is 0 Å². The third-order valence-corrected chi connectivity index (χ3v) is 5.20. The molecule has 0 aliphatic rings. The molecule has 7 nitrogen and oxygen atoms in total. The zero-order valence-electron chi connectivity index (χ0n) is 13.1. The number of fused-ring (bicyclic) bond motifs is 1. The van der Waals surface area contributed by atoms with Crippen molar-refractivity contribution in [3.8, 4) is 5.75 Å². The maximum Gasteiger partial charge on any atom is 0.270 e. The highest BCUT2D eigenvalue weighted by atomic mass is 32.2. The number of ether oxygens (including phenoxy) is 1. The smallest absolute Gasteiger partial charge is 0.270 e. The number of nitrogens with zero attached hydrogens (tertiary/aromatic N) is 2. The molecule has 0 aliphatic heterocycles. The predicted molar refractivity (Wildman–Crippen MR) is 98.6 cm³/mol. The summed E-state index contributed by atoms with van der Waals surface area (Å²) in [5.41, 5.74) is 0.623. The predicted octanol–water partition coefficient (Wildman–Crippen LogP) is 3.94. The molecule has 0 unspecified atom stereocenters. The molecule has 1 aromatic heterocycles. The van der Waals surface area contributed by atoms with Crippen LogP contribution in [0.3, 0.4) is 0 Å². The van der Waals surface area contributed by atoms with Crippen molar-refractivity contribution >= 4 is 50.0 Å². The van der Waals surface area contributed by atoms with Crippen LogP contribution in [0.2, 0.25) is 0 Å². The number of aromatic nitrogens is 1. The van der Waals surface area contributed by atoms with Crippen molar-refractivity contribution in [3.05, 3.63) is 52.6 Å². The molecule has 2 aromatic carbocycles. The highest BCUT2D eigenvalue weighted by Crippen LogP contribution is 2.29. The van der Waals surface area contributed by atoms with E-state index in [2.05, 4.69) is 10.3 Å². The van der Waals surface area contributed by atoms with E-state index in [0.29, 0.717) is 15.3 Å². The number of carbonyl (C=O) groups is 1. The number of hydrogen-bond donors (Lipinski definition) is 1. The molecule has 9 heteroatoms. The Morgan fingerprint density at radius 1 is 1.32 bits per heavy atom. The molecular formula is C16H13N3O4S2. The maximum atomic E-state index is 12.1. The number of methoxy groups -OCH3 is 1. The number of thioether (sulfide) groups is 1. The average Bonchev–Trinajstić information content (AvgIpc) is 3.01. The number of nitrogens with one attached hydrogen (secondary N) is 1. The lowest BCUT2D eigenvalue weighted by Gasteiger charge is -2.03. The van der Waals surface area contributed by atoms with Crippen molar-refractivity contribution in [2.75, 3.05) is 18.2 Å². The van der Waals surface area contributed by atoms with Gasteiger partial charge in [0.1, 0.15) is 5.75 Å². The zero-order valence-corrected chi connectivity index (χ0v) is 14.7. The summed E-state index contributed by atoms with van der Waals surface area (Å²) in [5.74, 6) is 0.814. The number of hydrogen-bond acceptors (Lipinski definition) is 7. The van der Waals surface area contributed by atoms with Crippen LogP contribution in [0.5, 0.6) is 5.75 Å². The molecule has 0 fully saturated rings. The molecule has 0 spiro atoms. The first-order valence-corrected chi connectivity index (χ1v) is 8.97. The molecule has 25 heavy (non-hydrogen) atoms. The van der Waals surface area contributed by atoms with Crippen LogP contribution in [-0.2, 0) is 4.79 Å². The van der Waals surface area contributed by atoms with E-state index in [1.165, 1.54) is 35.2 Å². The molecule has 1 heterocycles. The number of rotatable bonds is 6. The van der Waals surface area contributed by atoms with Crippen LogP contribution in [0, 0.1) is 10.1 Å². The van der Waals surface area contributed by atoms with Crippen LogP contribution in [0.15, 0.2) is 47.4 Å². The molecule has 0 atom stereocenters. The third-order valence-electron chi connectivity index (χ3n) is 3.26. The summed E-state index contributed by atoms with van der Waals surface area (Å²) in [6.45, 7) is 0. The number of nitro benzene ring substituents is 1. The van der Waals surface area contributed by atoms with Gasteiger partial charge in [0, 0.05) is 17.0 Å². The van der Waals surface area contributed by atoms with Crippen LogP contribution >= 0.6 is 23.1 Å². The van der Waals surface area contributed by atoms with Gasteiger partial charge in [-0.15, -0.1) is 11.8 Å². The van der Waals surface area contributed by atoms with E-state index in [1.807, 2.05) is 24.3 Å². The Morgan fingerprint density at radius 2 is 2.08 bits per heavy atom. The minimum absolute atomic E-state index is 0.00379. The molecule has 3 aromatic rings. The second-order valence-corrected chi connectivity index (χ2v) is 7.02. The van der Waals surface area contributed by atoms with Gasteiger partial charge >= 0.3 is 0 Å². The lowest BCUT2D eigenvalue weighted by Crippen LogP contribution is -2.13. The van der Waals surface area contributed by atoms with E-state index in [1.54, 1.807) is 13.2 Å². The quantitative estimate of drug-likeness (QED) is 0.398. The first kappa shape index (κ1) is 17.2. The van der Waals surface area contributed by atoms with Crippen molar-refractivity contribution in [1.29, 1.82) is 0 Å². The number of anilines is 1. The Bertz CT molecular complexity index is 925. The molecule has 1 amide bonds. The van der Waals surface area contributed by atoms with Gasteiger partial charge in [-0.05, 0) is 30.3 Å². The van der Waals surface area contributed by atoms with Gasteiger partial charge in [-0.3, -0.25) is 14.9 Å². The fourth-order valence-corrected chi connectivity index (χ4v) is 3.67. The van der Waals surface area contributed by atoms with Crippen molar-refractivity contribution in [2.24, 2.45) is 0 Å². The van der Waals surface area contributed by atoms with Crippen molar-refractivity contribution in [1.82, 2.24) is 4.98 Å². The van der Waals surface area contributed by atoms with E-state index >= 15 is 0 Å². The van der Waals surface area contributed by atoms with Crippen molar-refractivity contribution in [2.45, 2.75) is 4.90 Å². The summed E-state index contributed by atoms with van der Waals surface area (Å²) >= 11 is 2.61. The Labute approximate surface area is 151 Å². The Hall–Kier alpha value is -2.65. The molecule has 0 saturated heterocycles. The third kappa shape index (κ3) is 4.25. The second kappa shape index (κ2) is 7.49. The van der Waals surface area contributed by atoms with Gasteiger partial charge < -0.3 is 10.1 Å². The van der Waals surface area contributed by atoms with E-state index < -0.39 is 4.92 Å². The summed E-state index contributed by atoms with van der Waals surface area (Å²) in [6.07, 6.45) is 0. The minimum Gasteiger partial charge on any atom is -0.497 e. The van der Waals surface area contributed by atoms with Crippen molar-refractivity contribution in [3.63, 3.8) is 0 Å². The standard InChI is InChI=1S/C16H13N3O4S2/c1-23-11-3-5-12(6-4-11)24-9-15(20)18-16-17-13-7-2-10(19(21)22)8-14(13)25-16/h2-8H,9H2,1H3,(H,17,18,20). The van der Waals surface area contributed by atoms with Gasteiger partial charge in [-0.2, -0.15) is 0 Å². The highest BCUT2D eigenvalue weighted by Gasteiger charge is 2.12. The summed E-state index contributed by atoms with van der Waals surface area (Å²) in [4.78, 5) is 27.6. The molecule has 0 saturated carbocycles. The second-order valence-electron chi connectivity index (χ2n) is 4.94. The van der Waals surface area contributed by atoms with Crippen LogP contribution < -0.4 is 10.1 Å². The topological polar surface area (TPSA) is 94.4 Å². The molecule has 128 valence electrons. The van der Waals surface area contributed by atoms with E-state index in [9.17, 15) is 14.9 Å². The fourth-order valence-electron chi connectivity index (χ4n) is 2.06. The number of thiazole rings is 1. The number of benzene rings is 2. The number of non-ortho nitro benzene ring substituents is 1. The summed E-state index contributed by atoms with van der Waals surface area (Å²) < 4.78 is 5.75. The number of carbonyl (C=O) groups excluding carboxylic acids is 1. The van der Waals surface area contributed by atoms with Crippen LogP contribution in [-0.4, -0.2) is 28.7 Å².